The van der Waals surface area contributed by atoms with Crippen molar-refractivity contribution in [3.8, 4) is 0 Å². The molecule has 1 aromatic carbocycles. The fraction of sp³-hybridized carbons (Fsp3) is 0.478. The molecule has 1 atom stereocenters. The van der Waals surface area contributed by atoms with E-state index < -0.39 is 10.0 Å². The molecule has 1 amide bonds. The highest BCUT2D eigenvalue weighted by molar-refractivity contribution is 7.91. The average molecular weight is 539 g/mol. The molecule has 2 fully saturated rings. The number of carbonyl (C=O) groups excluding carboxylic acids is 1. The number of aryl methyl sites for hydroxylation is 2. The molecule has 34 heavy (non-hydrogen) atoms. The molecular formula is C23H27ClN4O3S3. The summed E-state index contributed by atoms with van der Waals surface area (Å²) < 4.78 is 29.4. The van der Waals surface area contributed by atoms with Gasteiger partial charge in [-0.15, -0.1) is 11.3 Å². The molecule has 0 radical (unpaired) electrons. The van der Waals surface area contributed by atoms with Crippen LogP contribution < -0.4 is 4.90 Å². The van der Waals surface area contributed by atoms with Crippen molar-refractivity contribution in [2.24, 2.45) is 5.92 Å². The van der Waals surface area contributed by atoms with Gasteiger partial charge in [0.25, 0.3) is 10.0 Å². The minimum absolute atomic E-state index is 0.0551. The second-order valence-corrected chi connectivity index (χ2v) is 13.9. The molecule has 4 heterocycles. The van der Waals surface area contributed by atoms with E-state index in [-0.39, 0.29) is 22.6 Å². The number of aromatic nitrogens is 1. The summed E-state index contributed by atoms with van der Waals surface area (Å²) in [7, 11) is -3.62. The van der Waals surface area contributed by atoms with E-state index in [4.69, 9.17) is 16.6 Å². The zero-order chi connectivity index (χ0) is 24.0. The first-order chi connectivity index (χ1) is 16.2. The first kappa shape index (κ1) is 24.0. The SMILES string of the molecule is Cc1cc(C)c2sc(N3CCN(C(=O)C4CCCN(S(=O)(=O)c5ccc(Cl)s5)C4)CC3)nc2c1. The van der Waals surface area contributed by atoms with Crippen LogP contribution in [0.25, 0.3) is 10.2 Å². The van der Waals surface area contributed by atoms with E-state index >= 15 is 0 Å². The second kappa shape index (κ2) is 9.39. The maximum absolute atomic E-state index is 13.3. The number of hydrogen-bond donors (Lipinski definition) is 0. The summed E-state index contributed by atoms with van der Waals surface area (Å²) in [5.41, 5.74) is 3.49. The van der Waals surface area contributed by atoms with E-state index in [0.29, 0.717) is 36.8 Å². The molecule has 0 saturated carbocycles. The highest BCUT2D eigenvalue weighted by Gasteiger charge is 2.36. The third-order valence-electron chi connectivity index (χ3n) is 6.55. The van der Waals surface area contributed by atoms with Crippen molar-refractivity contribution >= 4 is 65.6 Å². The molecule has 2 aliphatic heterocycles. The Kier molecular flexibility index (Phi) is 6.62. The number of carbonyl (C=O) groups is 1. The Morgan fingerprint density at radius 2 is 1.85 bits per heavy atom. The van der Waals surface area contributed by atoms with Crippen LogP contribution in [0.4, 0.5) is 5.13 Å². The molecule has 182 valence electrons. The van der Waals surface area contributed by atoms with Crippen LogP contribution in [0, 0.1) is 19.8 Å². The van der Waals surface area contributed by atoms with E-state index in [1.807, 2.05) is 4.90 Å². The Morgan fingerprint density at radius 3 is 2.56 bits per heavy atom. The normalized spacial score (nSPS) is 20.3. The molecule has 2 saturated heterocycles. The van der Waals surface area contributed by atoms with Gasteiger partial charge in [0.1, 0.15) is 4.21 Å². The number of halogens is 1. The molecule has 2 aromatic heterocycles. The van der Waals surface area contributed by atoms with Gasteiger partial charge in [0.15, 0.2) is 5.13 Å². The lowest BCUT2D eigenvalue weighted by Crippen LogP contribution is -2.53. The minimum Gasteiger partial charge on any atom is -0.345 e. The fourth-order valence-corrected chi connectivity index (χ4v) is 9.03. The third-order valence-corrected chi connectivity index (χ3v) is 11.4. The Balaban J connectivity index is 1.23. The number of piperidine rings is 1. The van der Waals surface area contributed by atoms with Crippen LogP contribution in [-0.2, 0) is 14.8 Å². The number of nitrogens with zero attached hydrogens (tertiary/aromatic N) is 4. The van der Waals surface area contributed by atoms with Crippen molar-refractivity contribution in [2.45, 2.75) is 30.9 Å². The maximum Gasteiger partial charge on any atom is 0.252 e. The number of piperazine rings is 1. The number of sulfonamides is 1. The van der Waals surface area contributed by atoms with Gasteiger partial charge in [0.05, 0.1) is 20.5 Å². The van der Waals surface area contributed by atoms with Crippen molar-refractivity contribution in [1.82, 2.24) is 14.2 Å². The number of thiophene rings is 1. The van der Waals surface area contributed by atoms with Gasteiger partial charge >= 0.3 is 0 Å². The molecule has 0 bridgehead atoms. The number of amides is 1. The summed E-state index contributed by atoms with van der Waals surface area (Å²) in [6, 6.07) is 7.44. The van der Waals surface area contributed by atoms with Crippen LogP contribution in [0.3, 0.4) is 0 Å². The van der Waals surface area contributed by atoms with E-state index in [0.717, 1.165) is 35.1 Å². The van der Waals surface area contributed by atoms with Gasteiger partial charge in [-0.1, -0.05) is 29.0 Å². The van der Waals surface area contributed by atoms with Crippen molar-refractivity contribution < 1.29 is 13.2 Å². The van der Waals surface area contributed by atoms with Crippen LogP contribution in [0.1, 0.15) is 24.0 Å². The highest BCUT2D eigenvalue weighted by atomic mass is 35.5. The number of hydrogen-bond acceptors (Lipinski definition) is 7. The molecule has 11 heteroatoms. The molecular weight excluding hydrogens is 512 g/mol. The van der Waals surface area contributed by atoms with Crippen LogP contribution in [-0.4, -0.2) is 67.8 Å². The molecule has 0 aliphatic carbocycles. The summed E-state index contributed by atoms with van der Waals surface area (Å²) >= 11 is 8.71. The number of rotatable bonds is 4. The van der Waals surface area contributed by atoms with Gasteiger partial charge in [-0.2, -0.15) is 4.31 Å². The topological polar surface area (TPSA) is 73.8 Å². The van der Waals surface area contributed by atoms with Gasteiger partial charge in [-0.3, -0.25) is 4.79 Å². The van der Waals surface area contributed by atoms with E-state index in [1.54, 1.807) is 17.4 Å². The van der Waals surface area contributed by atoms with Gasteiger partial charge in [-0.05, 0) is 56.0 Å². The third kappa shape index (κ3) is 4.58. The van der Waals surface area contributed by atoms with E-state index in [1.165, 1.54) is 26.2 Å². The molecule has 0 N–H and O–H groups in total. The quantitative estimate of drug-likeness (QED) is 0.493. The van der Waals surface area contributed by atoms with E-state index in [2.05, 4.69) is 30.9 Å². The maximum atomic E-state index is 13.3. The summed E-state index contributed by atoms with van der Waals surface area (Å²) in [4.78, 5) is 22.3. The average Bonchev–Trinajstić information content (AvgIpc) is 3.46. The first-order valence-electron chi connectivity index (χ1n) is 11.4. The lowest BCUT2D eigenvalue weighted by Gasteiger charge is -2.38. The van der Waals surface area contributed by atoms with Crippen LogP contribution in [0.2, 0.25) is 4.34 Å². The number of anilines is 1. The Labute approximate surface area is 213 Å². The zero-order valence-corrected chi connectivity index (χ0v) is 22.4. The van der Waals surface area contributed by atoms with E-state index in [9.17, 15) is 13.2 Å². The first-order valence-corrected chi connectivity index (χ1v) is 14.8. The van der Waals surface area contributed by atoms with Gasteiger partial charge in [0.2, 0.25) is 5.91 Å². The predicted octanol–water partition coefficient (Wildman–Crippen LogP) is 4.38. The number of benzene rings is 1. The molecule has 1 unspecified atom stereocenters. The highest BCUT2D eigenvalue weighted by Crippen LogP contribution is 2.33. The minimum atomic E-state index is -3.62. The van der Waals surface area contributed by atoms with Gasteiger partial charge in [-0.25, -0.2) is 13.4 Å². The van der Waals surface area contributed by atoms with Gasteiger partial charge < -0.3 is 9.80 Å². The molecule has 2 aliphatic rings. The van der Waals surface area contributed by atoms with Crippen LogP contribution in [0.15, 0.2) is 28.5 Å². The van der Waals surface area contributed by atoms with Crippen molar-refractivity contribution in [1.29, 1.82) is 0 Å². The largest absolute Gasteiger partial charge is 0.345 e. The predicted molar refractivity (Wildman–Crippen MR) is 139 cm³/mol. The Morgan fingerprint density at radius 1 is 1.09 bits per heavy atom. The Hall–Kier alpha value is -1.72. The van der Waals surface area contributed by atoms with Gasteiger partial charge in [0, 0.05) is 39.3 Å². The monoisotopic (exact) mass is 538 g/mol. The smallest absolute Gasteiger partial charge is 0.252 e. The fourth-order valence-electron chi connectivity index (χ4n) is 4.80. The molecule has 3 aromatic rings. The lowest BCUT2D eigenvalue weighted by atomic mass is 9.98. The van der Waals surface area contributed by atoms with Crippen molar-refractivity contribution in [3.63, 3.8) is 0 Å². The number of fused-ring (bicyclic) bond motifs is 1. The summed E-state index contributed by atoms with van der Waals surface area (Å²) in [6.45, 7) is 7.57. The van der Waals surface area contributed by atoms with Crippen molar-refractivity contribution in [3.05, 3.63) is 39.7 Å². The summed E-state index contributed by atoms with van der Waals surface area (Å²) in [6.07, 6.45) is 1.39. The van der Waals surface area contributed by atoms with Crippen molar-refractivity contribution in [2.75, 3.05) is 44.2 Å². The summed E-state index contributed by atoms with van der Waals surface area (Å²) in [5.74, 6) is -0.252. The van der Waals surface area contributed by atoms with Crippen LogP contribution in [0.5, 0.6) is 0 Å². The molecule has 5 rings (SSSR count). The summed E-state index contributed by atoms with van der Waals surface area (Å²) in [5, 5.41) is 1.00. The zero-order valence-electron chi connectivity index (χ0n) is 19.2. The molecule has 0 spiro atoms. The lowest BCUT2D eigenvalue weighted by molar-refractivity contribution is -0.137. The molecule has 7 nitrogen and oxygen atoms in total. The Bertz CT molecular complexity index is 1330. The second-order valence-electron chi connectivity index (χ2n) is 9.00. The van der Waals surface area contributed by atoms with Crippen LogP contribution >= 0.6 is 34.3 Å². The standard InChI is InChI=1S/C23H27ClN4O3S3/c1-15-12-16(2)21-18(13-15)25-23(33-21)27-10-8-26(9-11-27)22(29)17-4-3-7-28(14-17)34(30,31)20-6-5-19(24)32-20/h5-6,12-13,17H,3-4,7-11,14H2,1-2H3. The number of thiazole rings is 1.